The first-order valence-electron chi connectivity index (χ1n) is 1.70. The standard InChI is InChI=1S/C3H7O.3ClH.2Ti/c1-2-3-4;;;;;/h2-3H2,1H3;3*1H;;/q-1;;;;;+1. The summed E-state index contributed by atoms with van der Waals surface area (Å²) in [6.07, 6.45) is 1.12. The summed E-state index contributed by atoms with van der Waals surface area (Å²) in [5.41, 5.74) is 0. The molecule has 0 spiro atoms. The molecule has 0 heterocycles. The predicted molar refractivity (Wildman–Crippen MR) is 38.0 cm³/mol. The Morgan fingerprint density at radius 3 is 1.56 bits per heavy atom. The van der Waals surface area contributed by atoms with Crippen molar-refractivity contribution in [2.75, 3.05) is 6.61 Å². The molecule has 0 aromatic carbocycles. The Morgan fingerprint density at radius 1 is 1.22 bits per heavy atom. The van der Waals surface area contributed by atoms with Crippen molar-refractivity contribution in [1.29, 1.82) is 0 Å². The number of hydrogen-bond donors (Lipinski definition) is 0. The molecule has 0 aliphatic heterocycles. The van der Waals surface area contributed by atoms with Crippen molar-refractivity contribution in [2.24, 2.45) is 0 Å². The molecule has 0 fully saturated rings. The van der Waals surface area contributed by atoms with Crippen molar-refractivity contribution in [3.05, 3.63) is 0 Å². The third-order valence-corrected chi connectivity index (χ3v) is 0.625. The monoisotopic (exact) mass is 263 g/mol. The van der Waals surface area contributed by atoms with Gasteiger partial charge in [0.25, 0.3) is 0 Å². The number of hydrogen-bond acceptors (Lipinski definition) is 1. The van der Waals surface area contributed by atoms with Crippen molar-refractivity contribution in [3.8, 4) is 0 Å². The normalized spacial score (nSPS) is 4.44. The van der Waals surface area contributed by atoms with Gasteiger partial charge in [0, 0.05) is 21.7 Å². The Morgan fingerprint density at radius 2 is 1.56 bits per heavy atom. The molecule has 0 radical (unpaired) electrons. The minimum atomic E-state index is 0. The maximum atomic E-state index is 4.69. The summed E-state index contributed by atoms with van der Waals surface area (Å²) < 4.78 is 4.69. The Balaban J connectivity index is -0.0000000133. The average molecular weight is 264 g/mol. The summed E-state index contributed by atoms with van der Waals surface area (Å²) in [7, 11) is 0. The van der Waals surface area contributed by atoms with E-state index in [1.165, 1.54) is 0 Å². The van der Waals surface area contributed by atoms with Gasteiger partial charge in [-0.3, -0.25) is 0 Å². The van der Waals surface area contributed by atoms with Gasteiger partial charge >= 0.3 is 44.1 Å². The second-order valence-electron chi connectivity index (χ2n) is 0.848. The van der Waals surface area contributed by atoms with E-state index in [2.05, 4.69) is 6.92 Å². The third kappa shape index (κ3) is 38.6. The summed E-state index contributed by atoms with van der Waals surface area (Å²) in [6.45, 7) is 2.98. The molecular weight excluding hydrogens is 254 g/mol. The van der Waals surface area contributed by atoms with E-state index in [0.717, 1.165) is 13.0 Å². The summed E-state index contributed by atoms with van der Waals surface area (Å²) in [4.78, 5) is 0. The van der Waals surface area contributed by atoms with Crippen molar-refractivity contribution in [2.45, 2.75) is 13.3 Å². The molecule has 0 saturated carbocycles. The first kappa shape index (κ1) is 30.2. The van der Waals surface area contributed by atoms with Crippen LogP contribution in [0.5, 0.6) is 0 Å². The van der Waals surface area contributed by atoms with Crippen LogP contribution in [0.15, 0.2) is 0 Å². The van der Waals surface area contributed by atoms with Crippen LogP contribution in [0.3, 0.4) is 0 Å². The van der Waals surface area contributed by atoms with Gasteiger partial charge in [0.05, 0.1) is 0 Å². The van der Waals surface area contributed by atoms with Crippen LogP contribution in [-0.2, 0) is 45.9 Å². The SMILES string of the molecule is CCC[O][Ti].Cl.Cl.Cl.[Ti]. The first-order valence-corrected chi connectivity index (χ1v) is 2.34. The van der Waals surface area contributed by atoms with Gasteiger partial charge in [-0.25, -0.2) is 0 Å². The maximum absolute atomic E-state index is 4.69. The molecule has 57 valence electrons. The minimum absolute atomic E-state index is 0. The second-order valence-corrected chi connectivity index (χ2v) is 1.30. The quantitative estimate of drug-likeness (QED) is 0.694. The van der Waals surface area contributed by atoms with E-state index in [9.17, 15) is 0 Å². The van der Waals surface area contributed by atoms with Gasteiger partial charge in [-0.2, -0.15) is 0 Å². The van der Waals surface area contributed by atoms with E-state index < -0.39 is 0 Å². The molecule has 0 unspecified atom stereocenters. The van der Waals surface area contributed by atoms with Crippen molar-refractivity contribution >= 4 is 37.2 Å². The largest absolute Gasteiger partial charge is 0.147 e. The van der Waals surface area contributed by atoms with E-state index in [-0.39, 0.29) is 58.9 Å². The minimum Gasteiger partial charge on any atom is -0.147 e. The molecule has 1 nitrogen and oxygen atoms in total. The maximum Gasteiger partial charge on any atom is 0 e. The summed E-state index contributed by atoms with van der Waals surface area (Å²) in [5, 5.41) is 0. The second kappa shape index (κ2) is 31.8. The Hall–Kier alpha value is 2.26. The molecule has 9 heavy (non-hydrogen) atoms. The van der Waals surface area contributed by atoms with E-state index in [1.54, 1.807) is 20.8 Å². The fraction of sp³-hybridized carbons (Fsp3) is 1.00. The molecule has 0 N–H and O–H groups in total. The Bertz CT molecular complexity index is 24.5. The van der Waals surface area contributed by atoms with Crippen LogP contribution in [0.1, 0.15) is 13.3 Å². The van der Waals surface area contributed by atoms with Gasteiger partial charge in [-0.1, -0.05) is 0 Å². The molecule has 0 aromatic rings. The molecule has 0 saturated heterocycles. The van der Waals surface area contributed by atoms with Crippen LogP contribution in [0.2, 0.25) is 0 Å². The third-order valence-electron chi connectivity index (χ3n) is 0.306. The smallest absolute Gasteiger partial charge is 0 e. The van der Waals surface area contributed by atoms with Gasteiger partial charge in [0.1, 0.15) is 0 Å². The van der Waals surface area contributed by atoms with Gasteiger partial charge in [0.15, 0.2) is 0 Å². The van der Waals surface area contributed by atoms with E-state index in [4.69, 9.17) is 3.32 Å². The van der Waals surface area contributed by atoms with E-state index in [0.29, 0.717) is 0 Å². The van der Waals surface area contributed by atoms with Crippen molar-refractivity contribution in [3.63, 3.8) is 0 Å². The van der Waals surface area contributed by atoms with Crippen LogP contribution in [0.25, 0.3) is 0 Å². The number of halogens is 3. The van der Waals surface area contributed by atoms with Crippen LogP contribution in [-0.4, -0.2) is 6.61 Å². The molecule has 0 aliphatic carbocycles. The fourth-order valence-electron chi connectivity index (χ4n) is 0.102. The van der Waals surface area contributed by atoms with Gasteiger partial charge in [-0.15, -0.1) is 37.2 Å². The van der Waals surface area contributed by atoms with Crippen molar-refractivity contribution < 1.29 is 45.9 Å². The Labute approximate surface area is 102 Å². The van der Waals surface area contributed by atoms with Crippen molar-refractivity contribution in [1.82, 2.24) is 0 Å². The molecule has 0 amide bonds. The average Bonchev–Trinajstić information content (AvgIpc) is 1.41. The van der Waals surface area contributed by atoms with Crippen LogP contribution in [0.4, 0.5) is 0 Å². The summed E-state index contributed by atoms with van der Waals surface area (Å²) in [6, 6.07) is 0. The van der Waals surface area contributed by atoms with Crippen LogP contribution < -0.4 is 0 Å². The zero-order valence-electron chi connectivity index (χ0n) is 5.05. The first-order chi connectivity index (χ1) is 2.41. The number of rotatable bonds is 2. The van der Waals surface area contributed by atoms with E-state index in [1.807, 2.05) is 0 Å². The van der Waals surface area contributed by atoms with E-state index >= 15 is 0 Å². The molecule has 0 bridgehead atoms. The zero-order valence-corrected chi connectivity index (χ0v) is 10.6. The van der Waals surface area contributed by atoms with Crippen LogP contribution >= 0.6 is 37.2 Å². The Kier molecular flexibility index (Phi) is 107. The predicted octanol–water partition coefficient (Wildman–Crippen LogP) is 2.14. The summed E-state index contributed by atoms with van der Waals surface area (Å²) in [5.74, 6) is 0. The molecule has 6 heteroatoms. The van der Waals surface area contributed by atoms with Gasteiger partial charge in [0.2, 0.25) is 0 Å². The van der Waals surface area contributed by atoms with Gasteiger partial charge < -0.3 is 0 Å². The fourth-order valence-corrected chi connectivity index (χ4v) is 0.421. The molecule has 0 aromatic heterocycles. The molecular formula is C3H10Cl3OTi2. The van der Waals surface area contributed by atoms with Gasteiger partial charge in [-0.05, 0) is 0 Å². The zero-order chi connectivity index (χ0) is 4.12. The topological polar surface area (TPSA) is 9.23 Å². The summed E-state index contributed by atoms with van der Waals surface area (Å²) >= 11 is 1.71. The molecule has 0 atom stereocenters. The molecule has 0 rings (SSSR count). The molecule has 0 aliphatic rings. The van der Waals surface area contributed by atoms with Crippen LogP contribution in [0, 0.1) is 0 Å².